The van der Waals surface area contributed by atoms with E-state index in [1.807, 2.05) is 77.1 Å². The first-order valence-corrected chi connectivity index (χ1v) is 14.3. The number of hydrogen-bond acceptors (Lipinski definition) is 5. The van der Waals surface area contributed by atoms with E-state index in [9.17, 15) is 19.5 Å². The Morgan fingerprint density at radius 2 is 1.87 bits per heavy atom. The van der Waals surface area contributed by atoms with Gasteiger partial charge in [-0.15, -0.1) is 0 Å². The molecule has 0 aromatic heterocycles. The van der Waals surface area contributed by atoms with Gasteiger partial charge in [0.15, 0.2) is 0 Å². The van der Waals surface area contributed by atoms with Crippen LogP contribution < -0.4 is 10.6 Å². The molecule has 0 aliphatic carbocycles. The van der Waals surface area contributed by atoms with E-state index in [-0.39, 0.29) is 36.2 Å². The summed E-state index contributed by atoms with van der Waals surface area (Å²) in [4.78, 5) is 43.7. The zero-order valence-corrected chi connectivity index (χ0v) is 23.6. The van der Waals surface area contributed by atoms with Gasteiger partial charge in [0.25, 0.3) is 0 Å². The highest BCUT2D eigenvalue weighted by Crippen LogP contribution is 2.65. The maximum Gasteiger partial charge on any atom is 0.250 e. The van der Waals surface area contributed by atoms with E-state index >= 15 is 0 Å². The second-order valence-electron chi connectivity index (χ2n) is 11.9. The summed E-state index contributed by atoms with van der Waals surface area (Å²) in [7, 11) is 0. The Balaban J connectivity index is 1.58. The molecule has 2 aromatic rings. The van der Waals surface area contributed by atoms with Gasteiger partial charge in [-0.05, 0) is 54.5 Å². The molecule has 8 nitrogen and oxygen atoms in total. The Morgan fingerprint density at radius 1 is 1.15 bits per heavy atom. The van der Waals surface area contributed by atoms with Crippen molar-refractivity contribution in [3.63, 3.8) is 0 Å². The number of aliphatic hydroxyl groups is 1. The molecule has 3 unspecified atom stereocenters. The van der Waals surface area contributed by atoms with E-state index in [4.69, 9.17) is 4.74 Å². The zero-order valence-electron chi connectivity index (χ0n) is 23.6. The van der Waals surface area contributed by atoms with Crippen LogP contribution in [0.2, 0.25) is 0 Å². The van der Waals surface area contributed by atoms with Gasteiger partial charge in [0.1, 0.15) is 11.6 Å². The van der Waals surface area contributed by atoms with Crippen molar-refractivity contribution in [1.82, 2.24) is 10.2 Å². The van der Waals surface area contributed by atoms with Crippen LogP contribution in [0.15, 0.2) is 42.5 Å². The summed E-state index contributed by atoms with van der Waals surface area (Å²) in [6.07, 6.45) is 1.99. The number of carbonyl (C=O) groups excluding carboxylic acids is 3. The third-order valence-electron chi connectivity index (χ3n) is 9.69. The van der Waals surface area contributed by atoms with Gasteiger partial charge < -0.3 is 25.4 Å². The predicted octanol–water partition coefficient (Wildman–Crippen LogP) is 3.72. The van der Waals surface area contributed by atoms with Crippen molar-refractivity contribution in [2.24, 2.45) is 23.7 Å². The van der Waals surface area contributed by atoms with Crippen LogP contribution in [0.4, 0.5) is 5.69 Å². The van der Waals surface area contributed by atoms with Crippen LogP contribution in [0.25, 0.3) is 10.8 Å². The number of nitrogens with one attached hydrogen (secondary N) is 2. The lowest BCUT2D eigenvalue weighted by atomic mass is 9.62. The van der Waals surface area contributed by atoms with Gasteiger partial charge in [-0.1, -0.05) is 64.4 Å². The molecular formula is C31H41N3O5. The molecule has 3 heterocycles. The lowest BCUT2D eigenvalue weighted by molar-refractivity contribution is -0.150. The normalized spacial score (nSPS) is 32.8. The van der Waals surface area contributed by atoms with E-state index in [1.165, 1.54) is 0 Å². The van der Waals surface area contributed by atoms with Crippen molar-refractivity contribution >= 4 is 34.2 Å². The summed E-state index contributed by atoms with van der Waals surface area (Å²) in [5, 5.41) is 18.6. The number of anilines is 1. The number of nitrogens with zero attached hydrogens (tertiary/aromatic N) is 1. The number of likely N-dealkylation sites (tertiary alicyclic amines) is 1. The molecule has 1 spiro atoms. The molecule has 39 heavy (non-hydrogen) atoms. The number of amides is 3. The molecule has 210 valence electrons. The maximum absolute atomic E-state index is 14.3. The zero-order chi connectivity index (χ0) is 28.1. The summed E-state index contributed by atoms with van der Waals surface area (Å²) in [6, 6.07) is 12.1. The Morgan fingerprint density at radius 3 is 2.54 bits per heavy atom. The molecule has 3 aliphatic heterocycles. The van der Waals surface area contributed by atoms with Crippen LogP contribution in [-0.4, -0.2) is 64.2 Å². The first-order valence-electron chi connectivity index (χ1n) is 14.3. The minimum Gasteiger partial charge on any atom is -0.394 e. The van der Waals surface area contributed by atoms with Gasteiger partial charge in [-0.25, -0.2) is 0 Å². The van der Waals surface area contributed by atoms with Crippen LogP contribution in [-0.2, 0) is 19.1 Å². The Kier molecular flexibility index (Phi) is 7.22. The minimum atomic E-state index is -1.15. The van der Waals surface area contributed by atoms with Crippen molar-refractivity contribution in [3.05, 3.63) is 42.5 Å². The average molecular weight is 536 g/mol. The fraction of sp³-hybridized carbons (Fsp3) is 0.581. The number of rotatable bonds is 9. The molecule has 8 atom stereocenters. The summed E-state index contributed by atoms with van der Waals surface area (Å²) >= 11 is 0. The van der Waals surface area contributed by atoms with E-state index in [1.54, 1.807) is 4.90 Å². The fourth-order valence-electron chi connectivity index (χ4n) is 7.38. The number of aliphatic hydroxyl groups excluding tert-OH is 1. The number of fused-ring (bicyclic) bond motifs is 2. The molecule has 2 aromatic carbocycles. The smallest absolute Gasteiger partial charge is 0.250 e. The Bertz CT molecular complexity index is 1280. The topological polar surface area (TPSA) is 108 Å². The second kappa shape index (κ2) is 10.2. The van der Waals surface area contributed by atoms with Gasteiger partial charge in [0, 0.05) is 12.2 Å². The van der Waals surface area contributed by atoms with E-state index in [2.05, 4.69) is 10.6 Å². The van der Waals surface area contributed by atoms with Crippen molar-refractivity contribution in [2.75, 3.05) is 18.5 Å². The molecule has 3 N–H and O–H groups in total. The highest BCUT2D eigenvalue weighted by atomic mass is 16.5. The molecular weight excluding hydrogens is 494 g/mol. The minimum absolute atomic E-state index is 0.0361. The third-order valence-corrected chi connectivity index (χ3v) is 9.69. The second-order valence-corrected chi connectivity index (χ2v) is 11.9. The van der Waals surface area contributed by atoms with Crippen molar-refractivity contribution in [2.45, 2.75) is 77.2 Å². The van der Waals surface area contributed by atoms with Gasteiger partial charge in [-0.2, -0.15) is 0 Å². The first-order chi connectivity index (χ1) is 18.6. The summed E-state index contributed by atoms with van der Waals surface area (Å²) < 4.78 is 6.78. The standard InChI is InChI=1S/C31H41N3O5/c1-6-14-32-27(36)24-25-29(38)34(23(17-35)18(3)7-2)26(31(25)16-19(4)30(24,5)39-31)28(37)33-22-13-12-20-10-8-9-11-21(20)15-22/h8-13,15,18-19,23-26,35H,6-7,14,16-17H2,1-5H3,(H,32,36)(H,33,37)/t18-,19?,23-,24+,25-,26?,30-,31?/m0/s1. The lowest BCUT2D eigenvalue weighted by Gasteiger charge is -2.39. The molecule has 0 saturated carbocycles. The number of benzene rings is 2. The SMILES string of the molecule is CCCNC(=O)[C@H]1[C@H]2C(=O)N([C@@H](CO)[C@@H](C)CC)C(C(=O)Nc3ccc4ccccc4c3)C23CC(C)[C@]1(C)O3. The molecule has 0 radical (unpaired) electrons. The van der Waals surface area contributed by atoms with Gasteiger partial charge in [0.05, 0.1) is 30.1 Å². The van der Waals surface area contributed by atoms with E-state index in [0.29, 0.717) is 18.7 Å². The lowest BCUT2D eigenvalue weighted by Crippen LogP contribution is -2.57. The number of ether oxygens (including phenoxy) is 1. The summed E-state index contributed by atoms with van der Waals surface area (Å²) in [5.74, 6) is -2.42. The van der Waals surface area contributed by atoms with Gasteiger partial charge >= 0.3 is 0 Å². The van der Waals surface area contributed by atoms with E-state index < -0.39 is 35.1 Å². The highest BCUT2D eigenvalue weighted by molar-refractivity contribution is 6.04. The number of hydrogen-bond donors (Lipinski definition) is 3. The Hall–Kier alpha value is -2.97. The monoisotopic (exact) mass is 535 g/mol. The molecule has 3 amide bonds. The fourth-order valence-corrected chi connectivity index (χ4v) is 7.38. The van der Waals surface area contributed by atoms with E-state index in [0.717, 1.165) is 23.6 Å². The largest absolute Gasteiger partial charge is 0.394 e. The van der Waals surface area contributed by atoms with Crippen molar-refractivity contribution in [3.8, 4) is 0 Å². The number of carbonyl (C=O) groups is 3. The summed E-state index contributed by atoms with van der Waals surface area (Å²) in [5.41, 5.74) is -1.39. The van der Waals surface area contributed by atoms with Crippen LogP contribution in [0, 0.1) is 23.7 Å². The molecule has 5 rings (SSSR count). The van der Waals surface area contributed by atoms with Crippen LogP contribution in [0.3, 0.4) is 0 Å². The molecule has 2 bridgehead atoms. The van der Waals surface area contributed by atoms with Crippen LogP contribution in [0.1, 0.15) is 53.9 Å². The Labute approximate surface area is 230 Å². The third kappa shape index (κ3) is 4.14. The maximum atomic E-state index is 14.3. The van der Waals surface area contributed by atoms with Crippen LogP contribution in [0.5, 0.6) is 0 Å². The quantitative estimate of drug-likeness (QED) is 0.454. The molecule has 3 saturated heterocycles. The average Bonchev–Trinajstić information content (AvgIpc) is 3.44. The molecule has 3 aliphatic rings. The predicted molar refractivity (Wildman–Crippen MR) is 150 cm³/mol. The van der Waals surface area contributed by atoms with Gasteiger partial charge in [0.2, 0.25) is 17.7 Å². The van der Waals surface area contributed by atoms with Gasteiger partial charge in [-0.3, -0.25) is 14.4 Å². The first kappa shape index (κ1) is 27.6. The van der Waals surface area contributed by atoms with Crippen molar-refractivity contribution < 1.29 is 24.2 Å². The summed E-state index contributed by atoms with van der Waals surface area (Å²) in [6.45, 7) is 10.1. The van der Waals surface area contributed by atoms with Crippen molar-refractivity contribution in [1.29, 1.82) is 0 Å². The molecule has 3 fully saturated rings. The highest BCUT2D eigenvalue weighted by Gasteiger charge is 2.80. The van der Waals surface area contributed by atoms with Crippen LogP contribution >= 0.6 is 0 Å². The molecule has 8 heteroatoms.